The van der Waals surface area contributed by atoms with Crippen molar-refractivity contribution in [3.05, 3.63) is 51.6 Å². The van der Waals surface area contributed by atoms with Crippen LogP contribution in [0, 0.1) is 11.8 Å². The average molecular weight is 1110 g/mol. The van der Waals surface area contributed by atoms with Gasteiger partial charge in [0.1, 0.15) is 42.2 Å². The third-order valence-electron chi connectivity index (χ3n) is 16.1. The van der Waals surface area contributed by atoms with E-state index in [0.717, 1.165) is 0 Å². The Balaban J connectivity index is 0.735. The van der Waals surface area contributed by atoms with Crippen molar-refractivity contribution in [2.75, 3.05) is 59.4 Å². The first-order valence-electron chi connectivity index (χ1n) is 26.3. The molecule has 5 saturated heterocycles. The molecular weight excluding hydrogens is 1040 g/mol. The highest BCUT2D eigenvalue weighted by atomic mass is 32.2. The number of methoxy groups -OCH3 is 2. The fourth-order valence-electron chi connectivity index (χ4n) is 12.1. The van der Waals surface area contributed by atoms with Crippen LogP contribution in [-0.2, 0) is 73.2 Å². The Kier molecular flexibility index (Phi) is 16.1. The number of hydrogen-bond donors (Lipinski definition) is 4. The Morgan fingerprint density at radius 1 is 0.910 bits per heavy atom. The van der Waals surface area contributed by atoms with Crippen LogP contribution in [0.3, 0.4) is 0 Å². The number of fused-ring (bicyclic) bond motifs is 6. The molecule has 2 aromatic carbocycles. The van der Waals surface area contributed by atoms with E-state index in [-0.39, 0.29) is 90.6 Å². The molecule has 5 aliphatic heterocycles. The van der Waals surface area contributed by atoms with Crippen LogP contribution < -0.4 is 10.1 Å². The molecule has 8 aliphatic rings. The van der Waals surface area contributed by atoms with Crippen molar-refractivity contribution in [2.24, 2.45) is 11.8 Å². The van der Waals surface area contributed by atoms with Gasteiger partial charge in [-0.3, -0.25) is 48.2 Å². The summed E-state index contributed by atoms with van der Waals surface area (Å²) in [5.74, 6) is -6.86. The molecule has 0 bridgehead atoms. The van der Waals surface area contributed by atoms with Crippen LogP contribution in [0.2, 0.25) is 0 Å². The number of carbonyl (C=O) groups is 9. The summed E-state index contributed by atoms with van der Waals surface area (Å²) in [5, 5.41) is 39.0. The Morgan fingerprint density at radius 3 is 2.38 bits per heavy atom. The lowest BCUT2D eigenvalue weighted by Crippen LogP contribution is -2.55. The van der Waals surface area contributed by atoms with E-state index < -0.39 is 144 Å². The summed E-state index contributed by atoms with van der Waals surface area (Å²) in [6.45, 7) is 1.73. The minimum absolute atomic E-state index is 0.00137. The van der Waals surface area contributed by atoms with Gasteiger partial charge >= 0.3 is 5.97 Å². The zero-order valence-electron chi connectivity index (χ0n) is 43.3. The first-order valence-corrected chi connectivity index (χ1v) is 27.3. The number of thioether (sulfide) groups is 1. The number of nitrogens with zero attached hydrogens (tertiary/aromatic N) is 3. The number of imide groups is 2. The van der Waals surface area contributed by atoms with Gasteiger partial charge in [0.25, 0.3) is 11.8 Å². The van der Waals surface area contributed by atoms with E-state index in [1.54, 1.807) is 6.92 Å². The van der Waals surface area contributed by atoms with Crippen molar-refractivity contribution >= 4 is 64.6 Å². The molecule has 25 heteroatoms. The van der Waals surface area contributed by atoms with E-state index in [9.17, 15) is 58.5 Å². The second-order valence-corrected chi connectivity index (χ2v) is 22.2. The number of rotatable bonds is 18. The molecule has 4 N–H and O–H groups in total. The molecular formula is C53H62N4O20S. The lowest BCUT2D eigenvalue weighted by Gasteiger charge is -2.43. The number of phenols is 2. The van der Waals surface area contributed by atoms with Gasteiger partial charge in [-0.2, -0.15) is 0 Å². The van der Waals surface area contributed by atoms with E-state index in [1.807, 2.05) is 0 Å². The molecule has 6 fully saturated rings. The predicted octanol–water partition coefficient (Wildman–Crippen LogP) is 1.52. The van der Waals surface area contributed by atoms with Crippen LogP contribution in [0.4, 0.5) is 0 Å². The third-order valence-corrected chi connectivity index (χ3v) is 17.4. The van der Waals surface area contributed by atoms with Crippen molar-refractivity contribution in [3.8, 4) is 17.2 Å². The molecule has 0 aromatic heterocycles. The zero-order chi connectivity index (χ0) is 55.3. The van der Waals surface area contributed by atoms with E-state index in [0.29, 0.717) is 56.1 Å². The van der Waals surface area contributed by atoms with Crippen molar-refractivity contribution in [3.63, 3.8) is 0 Å². The molecule has 1 unspecified atom stereocenters. The molecule has 9 atom stereocenters. The number of hydroxylamine groups is 2. The summed E-state index contributed by atoms with van der Waals surface area (Å²) < 4.78 is 41.5. The third kappa shape index (κ3) is 10.4. The standard InChI is InChI=1S/C53H62N4O20S/c1-25-48-30(55-15-16-73-52(71-3)50(55)76-48)18-39(74-25)75-32-21-53(69,20-29-41(32)47(66)43-42(45(29)64)44(63)28-6-4-7-31(70-2)40(28)46(43)65)34(58)23-72-24-35(59)54-14-5-17-78-33-19-38(62)56(49(33)67)22-26-8-10-27(11-9-26)51(68)77-57-36(60)12-13-37(57)61/h4,6-7,25-27,30,32-33,39,48,50,52,64,66,69H,5,8-24H2,1-3H3,(H,54,59)/t25-,26?,27?,30-,32-,33?,39-,48+,50+,52-,53-/m0/s1. The number of ether oxygens (including phenoxy) is 7. The van der Waals surface area contributed by atoms with Crippen LogP contribution >= 0.6 is 11.8 Å². The molecule has 0 spiro atoms. The topological polar surface area (TPSA) is 310 Å². The molecule has 2 aromatic rings. The maximum absolute atomic E-state index is 14.2. The van der Waals surface area contributed by atoms with E-state index in [2.05, 4.69) is 10.2 Å². The van der Waals surface area contributed by atoms with Crippen LogP contribution in [0.5, 0.6) is 17.2 Å². The smallest absolute Gasteiger partial charge is 0.336 e. The summed E-state index contributed by atoms with van der Waals surface area (Å²) >= 11 is 1.30. The maximum Gasteiger partial charge on any atom is 0.336 e. The highest BCUT2D eigenvalue weighted by molar-refractivity contribution is 8.00. The van der Waals surface area contributed by atoms with Gasteiger partial charge in [0.05, 0.1) is 53.8 Å². The first kappa shape index (κ1) is 55.4. The lowest BCUT2D eigenvalue weighted by molar-refractivity contribution is -0.256. The summed E-state index contributed by atoms with van der Waals surface area (Å²) in [7, 11) is 2.84. The second-order valence-electron chi connectivity index (χ2n) is 20.9. The lowest BCUT2D eigenvalue weighted by atomic mass is 9.72. The molecule has 420 valence electrons. The Morgan fingerprint density at radius 2 is 1.65 bits per heavy atom. The molecule has 3 aliphatic carbocycles. The molecule has 78 heavy (non-hydrogen) atoms. The number of likely N-dealkylation sites (tertiary alicyclic amines) is 1. The monoisotopic (exact) mass is 1110 g/mol. The highest BCUT2D eigenvalue weighted by Crippen LogP contribution is 2.53. The Hall–Kier alpha value is -5.90. The maximum atomic E-state index is 14.2. The summed E-state index contributed by atoms with van der Waals surface area (Å²) in [6.07, 6.45) is -3.12. The molecule has 5 amide bonds. The number of benzene rings is 2. The van der Waals surface area contributed by atoms with Gasteiger partial charge in [-0.15, -0.1) is 16.8 Å². The van der Waals surface area contributed by atoms with Crippen molar-refractivity contribution in [2.45, 2.75) is 132 Å². The number of Topliss-reactive ketones (excluding diaryl/α,β-unsaturated/α-hetero) is 1. The molecule has 1 saturated carbocycles. The number of amides is 5. The minimum Gasteiger partial charge on any atom is -0.507 e. The van der Waals surface area contributed by atoms with Crippen LogP contribution in [0.1, 0.15) is 120 Å². The van der Waals surface area contributed by atoms with Gasteiger partial charge < -0.3 is 58.6 Å². The summed E-state index contributed by atoms with van der Waals surface area (Å²) in [4.78, 5) is 126. The van der Waals surface area contributed by atoms with E-state index in [1.165, 1.54) is 49.1 Å². The predicted molar refractivity (Wildman–Crippen MR) is 265 cm³/mol. The number of aromatic hydroxyl groups is 2. The van der Waals surface area contributed by atoms with Gasteiger partial charge in [-0.25, -0.2) is 4.79 Å². The van der Waals surface area contributed by atoms with Crippen molar-refractivity contribution in [1.82, 2.24) is 20.2 Å². The largest absolute Gasteiger partial charge is 0.507 e. The number of nitrogens with one attached hydrogen (secondary N) is 1. The zero-order valence-corrected chi connectivity index (χ0v) is 44.1. The Bertz CT molecular complexity index is 2790. The highest BCUT2D eigenvalue weighted by Gasteiger charge is 2.55. The number of aliphatic hydroxyl groups is 1. The average Bonchev–Trinajstić information content (AvgIpc) is 3.53. The van der Waals surface area contributed by atoms with Crippen LogP contribution in [0.25, 0.3) is 0 Å². The molecule has 24 nitrogen and oxygen atoms in total. The number of hydrogen-bond acceptors (Lipinski definition) is 22. The van der Waals surface area contributed by atoms with E-state index >= 15 is 0 Å². The molecule has 10 rings (SSSR count). The van der Waals surface area contributed by atoms with Gasteiger partial charge in [0.2, 0.25) is 23.5 Å². The number of morpholine rings is 1. The normalized spacial score (nSPS) is 30.7. The first-order chi connectivity index (χ1) is 37.4. The van der Waals surface area contributed by atoms with Crippen molar-refractivity contribution < 1.29 is 96.5 Å². The van der Waals surface area contributed by atoms with Gasteiger partial charge in [-0.1, -0.05) is 12.1 Å². The van der Waals surface area contributed by atoms with E-state index in [4.69, 9.17) is 38.0 Å². The fraction of sp³-hybridized carbons (Fsp3) is 0.604. The quantitative estimate of drug-likeness (QED) is 0.0797. The van der Waals surface area contributed by atoms with Crippen LogP contribution in [0.15, 0.2) is 18.2 Å². The summed E-state index contributed by atoms with van der Waals surface area (Å²) in [5.41, 5.74) is -3.91. The second kappa shape index (κ2) is 22.7. The fourth-order valence-corrected chi connectivity index (χ4v) is 13.3. The van der Waals surface area contributed by atoms with Crippen LogP contribution in [-0.4, -0.2) is 190 Å². The summed E-state index contributed by atoms with van der Waals surface area (Å²) in [6, 6.07) is 4.11. The van der Waals surface area contributed by atoms with Crippen molar-refractivity contribution in [1.29, 1.82) is 0 Å². The molecule has 0 radical (unpaired) electrons. The SMILES string of the molecule is COc1cccc2c1C(=O)c1c(O)c3c(c(O)c1C2=O)C[C@@](O)(C(=O)COCC(=O)NCCCSC1CC(=O)N(CC2CCC(C(=O)ON4C(=O)CCC4=O)CC2)C1=O)C[C@@H]3O[C@H]1C[C@H]2[C@H](O[C@@H]3[C@@H](OC)OCCN32)[C@H](C)O1. The number of carbonyl (C=O) groups excluding carboxylic acids is 9. The Labute approximate surface area is 451 Å². The van der Waals surface area contributed by atoms with Gasteiger partial charge in [0, 0.05) is 88.0 Å². The van der Waals surface area contributed by atoms with Gasteiger partial charge in [0.15, 0.2) is 30.4 Å². The minimum atomic E-state index is -2.36. The number of ketones is 3. The number of phenolic OH excluding ortho intramolecular Hbond substituents is 2. The van der Waals surface area contributed by atoms with Gasteiger partial charge in [-0.05, 0) is 56.8 Å². The molecule has 5 heterocycles.